The molecule has 0 aromatic heterocycles. The number of rotatable bonds is 12. The van der Waals surface area contributed by atoms with Gasteiger partial charge >= 0.3 is 5.97 Å². The van der Waals surface area contributed by atoms with Crippen molar-refractivity contribution >= 4 is 17.4 Å². The van der Waals surface area contributed by atoms with E-state index in [0.717, 1.165) is 61.2 Å². The van der Waals surface area contributed by atoms with Gasteiger partial charge in [0.2, 0.25) is 6.79 Å². The maximum absolute atomic E-state index is 13.6. The number of Topliss-reactive ketones (excluding diaryl/α,β-unsaturated/α-hetero) is 1. The largest absolute Gasteiger partial charge is 0.481 e. The van der Waals surface area contributed by atoms with Gasteiger partial charge in [0.05, 0.1) is 12.5 Å². The van der Waals surface area contributed by atoms with E-state index in [4.69, 9.17) is 9.47 Å². The summed E-state index contributed by atoms with van der Waals surface area (Å²) in [5.74, 6) is -0.307. The van der Waals surface area contributed by atoms with E-state index in [-0.39, 0.29) is 25.0 Å². The molecule has 0 unspecified atom stereocenters. The molecular formula is C38H46N2O5. The van der Waals surface area contributed by atoms with Gasteiger partial charge in [-0.3, -0.25) is 14.5 Å². The molecule has 0 aliphatic carbocycles. The lowest BCUT2D eigenvalue weighted by atomic mass is 9.82. The lowest BCUT2D eigenvalue weighted by Crippen LogP contribution is -2.32. The van der Waals surface area contributed by atoms with Gasteiger partial charge in [0.15, 0.2) is 11.5 Å². The van der Waals surface area contributed by atoms with Crippen molar-refractivity contribution in [3.63, 3.8) is 0 Å². The number of benzene rings is 3. The molecule has 0 amide bonds. The molecule has 7 heteroatoms. The van der Waals surface area contributed by atoms with Gasteiger partial charge in [0.25, 0.3) is 0 Å². The van der Waals surface area contributed by atoms with Crippen molar-refractivity contribution < 1.29 is 24.2 Å². The summed E-state index contributed by atoms with van der Waals surface area (Å²) in [5, 5.41) is 10.7. The Morgan fingerprint density at radius 1 is 0.933 bits per heavy atom. The Morgan fingerprint density at radius 2 is 1.64 bits per heavy atom. The fourth-order valence-corrected chi connectivity index (χ4v) is 7.85. The molecular weight excluding hydrogens is 564 g/mol. The molecule has 3 aliphatic heterocycles. The predicted octanol–water partition coefficient (Wildman–Crippen LogP) is 6.88. The number of ether oxygens (including phenoxy) is 2. The maximum Gasteiger partial charge on any atom is 0.309 e. The number of anilines is 1. The quantitative estimate of drug-likeness (QED) is 0.239. The molecule has 2 fully saturated rings. The van der Waals surface area contributed by atoms with Crippen LogP contribution >= 0.6 is 0 Å². The molecule has 3 heterocycles. The molecule has 0 spiro atoms. The SMILES string of the molecule is CCc1cccc(CC)c1CCCC(=O)CN1C[C@H](c2cc(C)c3c(c2)OCO3)[C@@H](C(=O)O)[C@@H]1c1ccc(N2CCCC2)cc1. The fraction of sp³-hybridized carbons (Fsp3) is 0.474. The zero-order valence-corrected chi connectivity index (χ0v) is 26.9. The minimum absolute atomic E-state index is 0.160. The molecule has 3 atom stereocenters. The Labute approximate surface area is 267 Å². The molecule has 3 aromatic rings. The smallest absolute Gasteiger partial charge is 0.309 e. The molecule has 6 rings (SSSR count). The number of carbonyl (C=O) groups is 2. The van der Waals surface area contributed by atoms with E-state index in [0.29, 0.717) is 18.7 Å². The Bertz CT molecular complexity index is 1510. The van der Waals surface area contributed by atoms with Crippen molar-refractivity contribution in [1.82, 2.24) is 4.90 Å². The highest BCUT2D eigenvalue weighted by Gasteiger charge is 2.48. The third-order valence-electron chi connectivity index (χ3n) is 10.1. The first-order valence-electron chi connectivity index (χ1n) is 16.7. The van der Waals surface area contributed by atoms with E-state index in [1.807, 2.05) is 19.1 Å². The number of hydrogen-bond donors (Lipinski definition) is 1. The number of ketones is 1. The fourth-order valence-electron chi connectivity index (χ4n) is 7.85. The van der Waals surface area contributed by atoms with Gasteiger partial charge < -0.3 is 19.5 Å². The number of likely N-dealkylation sites (tertiary alicyclic amines) is 1. The van der Waals surface area contributed by atoms with Crippen LogP contribution in [0.1, 0.15) is 84.9 Å². The maximum atomic E-state index is 13.6. The van der Waals surface area contributed by atoms with Gasteiger partial charge in [0, 0.05) is 43.7 Å². The van der Waals surface area contributed by atoms with Crippen molar-refractivity contribution in [3.8, 4) is 11.5 Å². The van der Waals surface area contributed by atoms with Crippen LogP contribution in [-0.4, -0.2) is 54.7 Å². The second-order valence-electron chi connectivity index (χ2n) is 12.9. The molecule has 0 saturated carbocycles. The first-order chi connectivity index (χ1) is 21.9. The number of aryl methyl sites for hydroxylation is 3. The molecule has 1 N–H and O–H groups in total. The highest BCUT2D eigenvalue weighted by atomic mass is 16.7. The van der Waals surface area contributed by atoms with E-state index >= 15 is 0 Å². The summed E-state index contributed by atoms with van der Waals surface area (Å²) in [6.07, 6.45) is 6.52. The van der Waals surface area contributed by atoms with E-state index in [2.05, 4.69) is 66.1 Å². The monoisotopic (exact) mass is 610 g/mol. The minimum Gasteiger partial charge on any atom is -0.481 e. The first-order valence-corrected chi connectivity index (χ1v) is 16.7. The van der Waals surface area contributed by atoms with Crippen molar-refractivity contribution in [3.05, 3.63) is 88.0 Å². The lowest BCUT2D eigenvalue weighted by molar-refractivity contribution is -0.143. The van der Waals surface area contributed by atoms with Crippen LogP contribution in [0.15, 0.2) is 54.6 Å². The van der Waals surface area contributed by atoms with Crippen molar-refractivity contribution in [2.75, 3.05) is 37.9 Å². The summed E-state index contributed by atoms with van der Waals surface area (Å²) < 4.78 is 11.4. The average molecular weight is 611 g/mol. The van der Waals surface area contributed by atoms with Crippen LogP contribution in [0.5, 0.6) is 11.5 Å². The molecule has 238 valence electrons. The zero-order chi connectivity index (χ0) is 31.5. The van der Waals surface area contributed by atoms with Crippen molar-refractivity contribution in [1.29, 1.82) is 0 Å². The third kappa shape index (κ3) is 6.46. The van der Waals surface area contributed by atoms with E-state index in [1.54, 1.807) is 0 Å². The van der Waals surface area contributed by atoms with Gasteiger partial charge in [-0.2, -0.15) is 0 Å². The van der Waals surface area contributed by atoms with Gasteiger partial charge in [-0.1, -0.05) is 50.2 Å². The normalized spacial score (nSPS) is 21.0. The van der Waals surface area contributed by atoms with Gasteiger partial charge in [0.1, 0.15) is 5.78 Å². The summed E-state index contributed by atoms with van der Waals surface area (Å²) in [5.41, 5.74) is 8.09. The summed E-state index contributed by atoms with van der Waals surface area (Å²) >= 11 is 0. The van der Waals surface area contributed by atoms with Crippen LogP contribution in [-0.2, 0) is 28.9 Å². The zero-order valence-electron chi connectivity index (χ0n) is 26.9. The summed E-state index contributed by atoms with van der Waals surface area (Å²) in [6.45, 7) is 9.33. The van der Waals surface area contributed by atoms with E-state index in [1.165, 1.54) is 35.2 Å². The van der Waals surface area contributed by atoms with Crippen LogP contribution in [0.2, 0.25) is 0 Å². The molecule has 3 aliphatic rings. The van der Waals surface area contributed by atoms with Crippen LogP contribution < -0.4 is 14.4 Å². The molecule has 0 bridgehead atoms. The second-order valence-corrected chi connectivity index (χ2v) is 12.9. The average Bonchev–Trinajstić information content (AvgIpc) is 3.82. The Hall–Kier alpha value is -3.84. The Morgan fingerprint density at radius 3 is 2.31 bits per heavy atom. The van der Waals surface area contributed by atoms with Crippen LogP contribution in [0.25, 0.3) is 0 Å². The number of fused-ring (bicyclic) bond motifs is 1. The highest BCUT2D eigenvalue weighted by Crippen LogP contribution is 2.48. The minimum atomic E-state index is -0.845. The number of carbonyl (C=O) groups excluding carboxylic acids is 1. The number of nitrogens with zero attached hydrogens (tertiary/aromatic N) is 2. The Balaban J connectivity index is 1.25. The first kappa shape index (κ1) is 31.2. The third-order valence-corrected chi connectivity index (χ3v) is 10.1. The summed E-state index contributed by atoms with van der Waals surface area (Å²) in [4.78, 5) is 31.2. The van der Waals surface area contributed by atoms with Crippen LogP contribution in [0.4, 0.5) is 5.69 Å². The molecule has 0 radical (unpaired) electrons. The standard InChI is InChI=1S/C38H46N2O5/c1-4-26-10-8-11-27(5-2)32(26)13-9-12-31(41)22-40-23-33(29-20-25(3)37-34(21-29)44-24-45-37)35(38(42)43)36(40)28-14-16-30(17-15-28)39-18-6-7-19-39/h8,10-11,14-17,20-21,33,35-36H,4-7,9,12-13,18-19,22-24H2,1-3H3,(H,42,43)/t33-,35-,36+/m1/s1. The van der Waals surface area contributed by atoms with Gasteiger partial charge in [-0.25, -0.2) is 0 Å². The van der Waals surface area contributed by atoms with Crippen molar-refractivity contribution in [2.24, 2.45) is 5.92 Å². The van der Waals surface area contributed by atoms with E-state index < -0.39 is 17.9 Å². The van der Waals surface area contributed by atoms with Crippen LogP contribution in [0.3, 0.4) is 0 Å². The van der Waals surface area contributed by atoms with Gasteiger partial charge in [-0.15, -0.1) is 0 Å². The summed E-state index contributed by atoms with van der Waals surface area (Å²) in [6, 6.07) is 18.5. The van der Waals surface area contributed by atoms with Gasteiger partial charge in [-0.05, 0) is 97.0 Å². The lowest BCUT2D eigenvalue weighted by Gasteiger charge is -2.27. The topological polar surface area (TPSA) is 79.3 Å². The number of carboxylic acids is 1. The predicted molar refractivity (Wildman–Crippen MR) is 177 cm³/mol. The molecule has 3 aromatic carbocycles. The number of hydrogen-bond acceptors (Lipinski definition) is 6. The van der Waals surface area contributed by atoms with Crippen LogP contribution in [0, 0.1) is 12.8 Å². The number of aliphatic carboxylic acids is 1. The molecule has 2 saturated heterocycles. The molecule has 7 nitrogen and oxygen atoms in total. The van der Waals surface area contributed by atoms with Crippen molar-refractivity contribution in [2.45, 2.75) is 77.7 Å². The highest BCUT2D eigenvalue weighted by molar-refractivity contribution is 5.81. The molecule has 45 heavy (non-hydrogen) atoms. The van der Waals surface area contributed by atoms with E-state index in [9.17, 15) is 14.7 Å². The summed E-state index contributed by atoms with van der Waals surface area (Å²) in [7, 11) is 0. The Kier molecular flexibility index (Phi) is 9.45. The number of carboxylic acid groups (broad SMARTS) is 1. The second kappa shape index (κ2) is 13.7.